The third kappa shape index (κ3) is 3.04. The summed E-state index contributed by atoms with van der Waals surface area (Å²) in [5.74, 6) is 4.41. The van der Waals surface area contributed by atoms with Crippen LogP contribution in [-0.2, 0) is 6.18 Å². The molecule has 0 saturated heterocycles. The fraction of sp³-hybridized carbons (Fsp3) is 0.273. The largest absolute Gasteiger partial charge is 0.416 e. The molecule has 1 atom stereocenters. The van der Waals surface area contributed by atoms with Crippen LogP contribution in [0.5, 0.6) is 0 Å². The van der Waals surface area contributed by atoms with Crippen molar-refractivity contribution in [1.82, 2.24) is 5.43 Å². The molecule has 0 bridgehead atoms. The summed E-state index contributed by atoms with van der Waals surface area (Å²) in [5, 5.41) is 0. The lowest BCUT2D eigenvalue weighted by molar-refractivity contribution is -0.138. The van der Waals surface area contributed by atoms with Gasteiger partial charge in [-0.3, -0.25) is 5.84 Å². The summed E-state index contributed by atoms with van der Waals surface area (Å²) in [7, 11) is 0. The van der Waals surface area contributed by atoms with E-state index < -0.39 is 23.6 Å². The average molecular weight is 248 g/mol. The van der Waals surface area contributed by atoms with E-state index in [2.05, 4.69) is 12.0 Å². The average Bonchev–Trinajstić information content (AvgIpc) is 2.16. The van der Waals surface area contributed by atoms with E-state index in [4.69, 9.17) is 5.84 Å². The molecular formula is C11H12F4N2. The Morgan fingerprint density at radius 3 is 2.41 bits per heavy atom. The molecule has 0 fully saturated rings. The van der Waals surface area contributed by atoms with Gasteiger partial charge in [0.25, 0.3) is 0 Å². The molecule has 1 unspecified atom stereocenters. The minimum atomic E-state index is -4.56. The second-order valence-corrected chi connectivity index (χ2v) is 3.68. The lowest BCUT2D eigenvalue weighted by Crippen LogP contribution is -2.30. The Labute approximate surface area is 96.1 Å². The number of hydrogen-bond donors (Lipinski definition) is 2. The molecule has 1 rings (SSSR count). The topological polar surface area (TPSA) is 38.0 Å². The van der Waals surface area contributed by atoms with E-state index in [0.717, 1.165) is 12.1 Å². The SMILES string of the molecule is C=C(C)C(NN)c1cc(F)ccc1C(F)(F)F. The zero-order valence-electron chi connectivity index (χ0n) is 9.11. The predicted molar refractivity (Wildman–Crippen MR) is 56.3 cm³/mol. The highest BCUT2D eigenvalue weighted by atomic mass is 19.4. The van der Waals surface area contributed by atoms with E-state index in [1.807, 2.05) is 0 Å². The van der Waals surface area contributed by atoms with Crippen LogP contribution in [0.1, 0.15) is 24.1 Å². The zero-order valence-corrected chi connectivity index (χ0v) is 9.11. The highest BCUT2D eigenvalue weighted by Gasteiger charge is 2.35. The molecular weight excluding hydrogens is 236 g/mol. The van der Waals surface area contributed by atoms with Gasteiger partial charge in [-0.15, -0.1) is 0 Å². The summed E-state index contributed by atoms with van der Waals surface area (Å²) >= 11 is 0. The maximum Gasteiger partial charge on any atom is 0.416 e. The molecule has 0 radical (unpaired) electrons. The van der Waals surface area contributed by atoms with Gasteiger partial charge in [-0.05, 0) is 30.7 Å². The summed E-state index contributed by atoms with van der Waals surface area (Å²) in [6, 6.07) is 1.32. The predicted octanol–water partition coefficient (Wildman–Crippen LogP) is 2.93. The molecule has 6 heteroatoms. The standard InChI is InChI=1S/C11H12F4N2/c1-6(2)10(17-16)8-5-7(12)3-4-9(8)11(13,14)15/h3-5,10,17H,1,16H2,2H3. The van der Waals surface area contributed by atoms with Gasteiger partial charge < -0.3 is 0 Å². The smallest absolute Gasteiger partial charge is 0.271 e. The highest BCUT2D eigenvalue weighted by molar-refractivity contribution is 5.36. The molecule has 1 aromatic rings. The first kappa shape index (κ1) is 13.7. The van der Waals surface area contributed by atoms with Crippen LogP contribution in [0.3, 0.4) is 0 Å². The Morgan fingerprint density at radius 2 is 2.00 bits per heavy atom. The van der Waals surface area contributed by atoms with Crippen molar-refractivity contribution in [3.63, 3.8) is 0 Å². The van der Waals surface area contributed by atoms with Crippen molar-refractivity contribution in [3.05, 3.63) is 47.3 Å². The summed E-state index contributed by atoms with van der Waals surface area (Å²) in [4.78, 5) is 0. The van der Waals surface area contributed by atoms with Gasteiger partial charge in [0.15, 0.2) is 0 Å². The van der Waals surface area contributed by atoms with Gasteiger partial charge in [0.1, 0.15) is 5.82 Å². The first-order valence-corrected chi connectivity index (χ1v) is 4.75. The van der Waals surface area contributed by atoms with E-state index >= 15 is 0 Å². The molecule has 0 aliphatic rings. The number of nitrogens with two attached hydrogens (primary N) is 1. The molecule has 0 heterocycles. The van der Waals surface area contributed by atoms with Crippen LogP contribution in [0.15, 0.2) is 30.4 Å². The fourth-order valence-corrected chi connectivity index (χ4v) is 1.53. The van der Waals surface area contributed by atoms with Crippen molar-refractivity contribution < 1.29 is 17.6 Å². The van der Waals surface area contributed by atoms with Gasteiger partial charge in [0.2, 0.25) is 0 Å². The quantitative estimate of drug-likeness (QED) is 0.373. The number of alkyl halides is 3. The molecule has 94 valence electrons. The van der Waals surface area contributed by atoms with Gasteiger partial charge in [0, 0.05) is 0 Å². The van der Waals surface area contributed by atoms with Crippen LogP contribution in [0.4, 0.5) is 17.6 Å². The number of rotatable bonds is 3. The van der Waals surface area contributed by atoms with E-state index in [1.165, 1.54) is 6.92 Å². The maximum atomic E-state index is 13.0. The Morgan fingerprint density at radius 1 is 1.41 bits per heavy atom. The molecule has 0 saturated carbocycles. The molecule has 0 spiro atoms. The number of halogens is 4. The highest BCUT2D eigenvalue weighted by Crippen LogP contribution is 2.36. The van der Waals surface area contributed by atoms with E-state index in [-0.39, 0.29) is 5.56 Å². The third-order valence-corrected chi connectivity index (χ3v) is 2.29. The van der Waals surface area contributed by atoms with Gasteiger partial charge >= 0.3 is 6.18 Å². The molecule has 2 nitrogen and oxygen atoms in total. The molecule has 0 aliphatic carbocycles. The van der Waals surface area contributed by atoms with E-state index in [9.17, 15) is 17.6 Å². The van der Waals surface area contributed by atoms with Crippen molar-refractivity contribution in [2.24, 2.45) is 5.84 Å². The number of benzene rings is 1. The first-order valence-electron chi connectivity index (χ1n) is 4.75. The molecule has 0 aliphatic heterocycles. The minimum absolute atomic E-state index is 0.271. The van der Waals surface area contributed by atoms with Crippen molar-refractivity contribution >= 4 is 0 Å². The molecule has 3 N–H and O–H groups in total. The molecule has 17 heavy (non-hydrogen) atoms. The lowest BCUT2D eigenvalue weighted by atomic mass is 9.96. The second-order valence-electron chi connectivity index (χ2n) is 3.68. The Bertz CT molecular complexity index is 426. The first-order chi connectivity index (χ1) is 7.77. The summed E-state index contributed by atoms with van der Waals surface area (Å²) in [5.41, 5.74) is 1.36. The maximum absolute atomic E-state index is 13.0. The fourth-order valence-electron chi connectivity index (χ4n) is 1.53. The van der Waals surface area contributed by atoms with Crippen LogP contribution in [0.2, 0.25) is 0 Å². The minimum Gasteiger partial charge on any atom is -0.271 e. The van der Waals surface area contributed by atoms with Crippen molar-refractivity contribution in [2.45, 2.75) is 19.1 Å². The van der Waals surface area contributed by atoms with Crippen LogP contribution >= 0.6 is 0 Å². The van der Waals surface area contributed by atoms with Gasteiger partial charge in [-0.25, -0.2) is 9.82 Å². The van der Waals surface area contributed by atoms with Crippen LogP contribution in [-0.4, -0.2) is 0 Å². The zero-order chi connectivity index (χ0) is 13.2. The van der Waals surface area contributed by atoms with Crippen molar-refractivity contribution in [3.8, 4) is 0 Å². The second kappa shape index (κ2) is 4.85. The summed E-state index contributed by atoms with van der Waals surface area (Å²) < 4.78 is 51.2. The Balaban J connectivity index is 3.38. The van der Waals surface area contributed by atoms with Crippen LogP contribution in [0.25, 0.3) is 0 Å². The molecule has 0 aromatic heterocycles. The van der Waals surface area contributed by atoms with E-state index in [1.54, 1.807) is 0 Å². The van der Waals surface area contributed by atoms with Crippen LogP contribution in [0, 0.1) is 5.82 Å². The molecule has 0 amide bonds. The summed E-state index contributed by atoms with van der Waals surface area (Å²) in [6.45, 7) is 5.03. The number of hydrazine groups is 1. The number of nitrogens with one attached hydrogen (secondary N) is 1. The third-order valence-electron chi connectivity index (χ3n) is 2.29. The van der Waals surface area contributed by atoms with Crippen LogP contribution < -0.4 is 11.3 Å². The van der Waals surface area contributed by atoms with Crippen molar-refractivity contribution in [2.75, 3.05) is 0 Å². The normalized spacial score (nSPS) is 13.5. The number of hydrogen-bond acceptors (Lipinski definition) is 2. The summed E-state index contributed by atoms with van der Waals surface area (Å²) in [6.07, 6.45) is -4.56. The molecule has 1 aromatic carbocycles. The van der Waals surface area contributed by atoms with Gasteiger partial charge in [0.05, 0.1) is 11.6 Å². The lowest BCUT2D eigenvalue weighted by Gasteiger charge is -2.21. The van der Waals surface area contributed by atoms with Gasteiger partial charge in [-0.2, -0.15) is 13.2 Å². The Hall–Kier alpha value is -1.40. The monoisotopic (exact) mass is 248 g/mol. The van der Waals surface area contributed by atoms with E-state index in [0.29, 0.717) is 11.6 Å². The van der Waals surface area contributed by atoms with Gasteiger partial charge in [-0.1, -0.05) is 12.2 Å². The van der Waals surface area contributed by atoms with Crippen molar-refractivity contribution in [1.29, 1.82) is 0 Å². The Kier molecular flexibility index (Phi) is 3.90.